The van der Waals surface area contributed by atoms with Crippen LogP contribution in [0.3, 0.4) is 0 Å². The summed E-state index contributed by atoms with van der Waals surface area (Å²) in [5, 5.41) is 0. The number of carbonyl (C=O) groups is 1. The summed E-state index contributed by atoms with van der Waals surface area (Å²) >= 11 is 0. The van der Waals surface area contributed by atoms with E-state index in [9.17, 15) is 13.6 Å². The zero-order chi connectivity index (χ0) is 14.7. The summed E-state index contributed by atoms with van der Waals surface area (Å²) in [5.41, 5.74) is 0.230. The Hall–Kier alpha value is -1.33. The molecule has 0 spiro atoms. The second-order valence-electron chi connectivity index (χ2n) is 5.49. The van der Waals surface area contributed by atoms with Crippen LogP contribution in [-0.2, 0) is 0 Å². The van der Waals surface area contributed by atoms with Gasteiger partial charge in [0.25, 0.3) is 0 Å². The van der Waals surface area contributed by atoms with Gasteiger partial charge in [0.2, 0.25) is 0 Å². The van der Waals surface area contributed by atoms with E-state index < -0.39 is 11.6 Å². The van der Waals surface area contributed by atoms with E-state index in [-0.39, 0.29) is 23.9 Å². The van der Waals surface area contributed by atoms with Crippen LogP contribution < -0.4 is 0 Å². The van der Waals surface area contributed by atoms with Gasteiger partial charge in [-0.15, -0.1) is 0 Å². The van der Waals surface area contributed by atoms with E-state index >= 15 is 0 Å². The lowest BCUT2D eigenvalue weighted by molar-refractivity contribution is 0.0899. The molecule has 0 bridgehead atoms. The van der Waals surface area contributed by atoms with Crippen LogP contribution in [0.1, 0.15) is 23.7 Å². The van der Waals surface area contributed by atoms with E-state index in [0.717, 1.165) is 38.2 Å². The number of hydrogen-bond acceptors (Lipinski definition) is 3. The van der Waals surface area contributed by atoms with Crippen LogP contribution in [0.5, 0.6) is 0 Å². The first-order valence-electron chi connectivity index (χ1n) is 6.88. The molecule has 1 aliphatic heterocycles. The highest BCUT2D eigenvalue weighted by atomic mass is 19.2. The number of rotatable bonds is 3. The Morgan fingerprint density at radius 3 is 2.75 bits per heavy atom. The van der Waals surface area contributed by atoms with Gasteiger partial charge >= 0.3 is 0 Å². The molecule has 1 fully saturated rings. The van der Waals surface area contributed by atoms with Crippen molar-refractivity contribution in [3.05, 3.63) is 35.4 Å². The molecule has 20 heavy (non-hydrogen) atoms. The zero-order valence-electron chi connectivity index (χ0n) is 11.9. The van der Waals surface area contributed by atoms with Crippen LogP contribution in [0.4, 0.5) is 8.78 Å². The summed E-state index contributed by atoms with van der Waals surface area (Å²) < 4.78 is 26.0. The Balaban J connectivity index is 2.04. The average molecular weight is 282 g/mol. The van der Waals surface area contributed by atoms with Gasteiger partial charge in [0.05, 0.1) is 6.54 Å². The maximum atomic E-state index is 13.2. The standard InChI is InChI=1S/C15H20F2N2O/c1-11-9-18(2)6-3-7-19(11)10-15(20)12-4-5-13(16)14(17)8-12/h4-5,8,11H,3,6-7,9-10H2,1-2H3. The zero-order valence-corrected chi connectivity index (χ0v) is 11.9. The summed E-state index contributed by atoms with van der Waals surface area (Å²) in [6.45, 7) is 5.10. The molecule has 1 atom stereocenters. The van der Waals surface area contributed by atoms with Gasteiger partial charge in [-0.05, 0) is 45.1 Å². The fraction of sp³-hybridized carbons (Fsp3) is 0.533. The van der Waals surface area contributed by atoms with E-state index in [1.807, 2.05) is 0 Å². The molecule has 0 aromatic heterocycles. The van der Waals surface area contributed by atoms with Gasteiger partial charge in [0.15, 0.2) is 17.4 Å². The van der Waals surface area contributed by atoms with Gasteiger partial charge in [0, 0.05) is 24.7 Å². The Labute approximate surface area is 118 Å². The number of Topliss-reactive ketones (excluding diaryl/α,β-unsaturated/α-hetero) is 1. The predicted molar refractivity (Wildman–Crippen MR) is 73.8 cm³/mol. The first-order valence-corrected chi connectivity index (χ1v) is 6.88. The van der Waals surface area contributed by atoms with Crippen LogP contribution >= 0.6 is 0 Å². The minimum Gasteiger partial charge on any atom is -0.305 e. The van der Waals surface area contributed by atoms with Crippen molar-refractivity contribution >= 4 is 5.78 Å². The van der Waals surface area contributed by atoms with Crippen LogP contribution in [0.25, 0.3) is 0 Å². The van der Waals surface area contributed by atoms with Crippen LogP contribution in [0.15, 0.2) is 18.2 Å². The highest BCUT2D eigenvalue weighted by molar-refractivity contribution is 5.97. The Morgan fingerprint density at radius 2 is 2.05 bits per heavy atom. The molecule has 1 aromatic rings. The lowest BCUT2D eigenvalue weighted by Gasteiger charge is -2.27. The third kappa shape index (κ3) is 3.61. The molecule has 5 heteroatoms. The first-order chi connectivity index (χ1) is 9.47. The highest BCUT2D eigenvalue weighted by Crippen LogP contribution is 2.13. The van der Waals surface area contributed by atoms with E-state index in [1.165, 1.54) is 6.07 Å². The fourth-order valence-corrected chi connectivity index (χ4v) is 2.60. The van der Waals surface area contributed by atoms with Crippen LogP contribution in [0, 0.1) is 11.6 Å². The molecule has 0 amide bonds. The molecule has 1 unspecified atom stereocenters. The maximum absolute atomic E-state index is 13.2. The summed E-state index contributed by atoms with van der Waals surface area (Å²) in [4.78, 5) is 16.5. The third-order valence-electron chi connectivity index (χ3n) is 3.77. The van der Waals surface area contributed by atoms with E-state index in [1.54, 1.807) is 0 Å². The number of ketones is 1. The van der Waals surface area contributed by atoms with Gasteiger partial charge in [-0.1, -0.05) is 0 Å². The minimum atomic E-state index is -0.973. The average Bonchev–Trinajstić information content (AvgIpc) is 2.54. The maximum Gasteiger partial charge on any atom is 0.176 e. The number of carbonyl (C=O) groups excluding carboxylic acids is 1. The molecule has 1 heterocycles. The number of halogens is 2. The Bertz CT molecular complexity index is 493. The second kappa shape index (κ2) is 6.41. The SMILES string of the molecule is CC1CN(C)CCCN1CC(=O)c1ccc(F)c(F)c1. The van der Waals surface area contributed by atoms with Gasteiger partial charge in [-0.25, -0.2) is 8.78 Å². The van der Waals surface area contributed by atoms with Gasteiger partial charge in [-0.2, -0.15) is 0 Å². The largest absolute Gasteiger partial charge is 0.305 e. The number of nitrogens with zero attached hydrogens (tertiary/aromatic N) is 2. The van der Waals surface area contributed by atoms with Crippen LogP contribution in [0.2, 0.25) is 0 Å². The quantitative estimate of drug-likeness (QED) is 0.794. The molecule has 0 saturated carbocycles. The normalized spacial score (nSPS) is 21.7. The smallest absolute Gasteiger partial charge is 0.176 e. The van der Waals surface area contributed by atoms with Crippen molar-refractivity contribution in [2.75, 3.05) is 33.2 Å². The molecule has 1 aliphatic rings. The number of hydrogen-bond donors (Lipinski definition) is 0. The molecule has 1 aromatic carbocycles. The van der Waals surface area contributed by atoms with Crippen molar-refractivity contribution in [1.29, 1.82) is 0 Å². The van der Waals surface area contributed by atoms with Gasteiger partial charge < -0.3 is 4.90 Å². The number of likely N-dealkylation sites (N-methyl/N-ethyl adjacent to an activating group) is 1. The van der Waals surface area contributed by atoms with E-state index in [4.69, 9.17) is 0 Å². The Kier molecular flexibility index (Phi) is 4.83. The van der Waals surface area contributed by atoms with E-state index in [0.29, 0.717) is 0 Å². The molecule has 0 N–H and O–H groups in total. The minimum absolute atomic E-state index is 0.166. The summed E-state index contributed by atoms with van der Waals surface area (Å²) in [6.07, 6.45) is 1.01. The van der Waals surface area contributed by atoms with Crippen molar-refractivity contribution in [1.82, 2.24) is 9.80 Å². The summed E-state index contributed by atoms with van der Waals surface area (Å²) in [6, 6.07) is 3.60. The molecule has 2 rings (SSSR count). The molecule has 0 radical (unpaired) electrons. The van der Waals surface area contributed by atoms with Crippen molar-refractivity contribution in [3.63, 3.8) is 0 Å². The molecular formula is C15H20F2N2O. The lowest BCUT2D eigenvalue weighted by atomic mass is 10.1. The highest BCUT2D eigenvalue weighted by Gasteiger charge is 2.22. The fourth-order valence-electron chi connectivity index (χ4n) is 2.60. The third-order valence-corrected chi connectivity index (χ3v) is 3.77. The van der Waals surface area contributed by atoms with Crippen molar-refractivity contribution in [2.24, 2.45) is 0 Å². The van der Waals surface area contributed by atoms with E-state index in [2.05, 4.69) is 23.8 Å². The number of benzene rings is 1. The van der Waals surface area contributed by atoms with Crippen molar-refractivity contribution < 1.29 is 13.6 Å². The molecule has 110 valence electrons. The molecule has 3 nitrogen and oxygen atoms in total. The lowest BCUT2D eigenvalue weighted by Crippen LogP contribution is -2.40. The molecule has 0 aliphatic carbocycles. The van der Waals surface area contributed by atoms with Crippen molar-refractivity contribution in [2.45, 2.75) is 19.4 Å². The van der Waals surface area contributed by atoms with Crippen LogP contribution in [-0.4, -0.2) is 54.9 Å². The monoisotopic (exact) mass is 282 g/mol. The van der Waals surface area contributed by atoms with Gasteiger partial charge in [-0.3, -0.25) is 9.69 Å². The molecular weight excluding hydrogens is 262 g/mol. The molecule has 1 saturated heterocycles. The topological polar surface area (TPSA) is 23.6 Å². The summed E-state index contributed by atoms with van der Waals surface area (Å²) in [5.74, 6) is -2.06. The predicted octanol–water partition coefficient (Wildman–Crippen LogP) is 2.17. The summed E-state index contributed by atoms with van der Waals surface area (Å²) in [7, 11) is 2.07. The van der Waals surface area contributed by atoms with Crippen molar-refractivity contribution in [3.8, 4) is 0 Å². The Morgan fingerprint density at radius 1 is 1.30 bits per heavy atom. The second-order valence-corrected chi connectivity index (χ2v) is 5.49. The first kappa shape index (κ1) is 15.1. The van der Waals surface area contributed by atoms with Gasteiger partial charge in [0.1, 0.15) is 0 Å².